The molecule has 0 unspecified atom stereocenters. The molecule has 0 fully saturated rings. The molecule has 70 valence electrons. The molecule has 0 aliphatic carbocycles. The second-order valence-corrected chi connectivity index (χ2v) is 3.29. The van der Waals surface area contributed by atoms with Crippen molar-refractivity contribution in [2.75, 3.05) is 0 Å². The Labute approximate surface area is 85.7 Å². The van der Waals surface area contributed by atoms with Crippen molar-refractivity contribution >= 4 is 27.0 Å². The first-order valence-electron chi connectivity index (χ1n) is 4.23. The Morgan fingerprint density at radius 3 is 2.77 bits per heavy atom. The van der Waals surface area contributed by atoms with Gasteiger partial charge < -0.3 is 0 Å². The molecule has 4 heteroatoms. The highest BCUT2D eigenvalue weighted by Gasteiger charge is 2.01. The predicted octanol–water partition coefficient (Wildman–Crippen LogP) is 3.06. The molecule has 3 nitrogen and oxygen atoms in total. The summed E-state index contributed by atoms with van der Waals surface area (Å²) in [5, 5.41) is 7.94. The standard InChI is InChI=1S/C7H6BrN3.C2H6/c1-4-6-2-5(8)3-9-7(6)11-10-4;1-2/h2-3H,1H3,(H,9,10,11);1-2H3. The van der Waals surface area contributed by atoms with Gasteiger partial charge in [0.2, 0.25) is 0 Å². The fourth-order valence-corrected chi connectivity index (χ4v) is 1.33. The van der Waals surface area contributed by atoms with Gasteiger partial charge >= 0.3 is 0 Å². The predicted molar refractivity (Wildman–Crippen MR) is 57.7 cm³/mol. The number of fused-ring (bicyclic) bond motifs is 1. The molecule has 13 heavy (non-hydrogen) atoms. The molecule has 2 aromatic heterocycles. The minimum Gasteiger partial charge on any atom is -0.280 e. The van der Waals surface area contributed by atoms with Crippen LogP contribution in [-0.2, 0) is 0 Å². The molecule has 0 amide bonds. The summed E-state index contributed by atoms with van der Waals surface area (Å²) in [5.41, 5.74) is 1.82. The minimum absolute atomic E-state index is 0.769. The average molecular weight is 242 g/mol. The lowest BCUT2D eigenvalue weighted by molar-refractivity contribution is 1.05. The van der Waals surface area contributed by atoms with Crippen LogP contribution in [0.2, 0.25) is 0 Å². The molecule has 0 aliphatic rings. The number of nitrogens with one attached hydrogen (secondary N) is 1. The van der Waals surface area contributed by atoms with Gasteiger partial charge in [-0.05, 0) is 28.9 Å². The number of hydrogen-bond acceptors (Lipinski definition) is 2. The van der Waals surface area contributed by atoms with Crippen molar-refractivity contribution in [3.8, 4) is 0 Å². The molecule has 0 bridgehead atoms. The van der Waals surface area contributed by atoms with Crippen molar-refractivity contribution in [2.45, 2.75) is 20.8 Å². The van der Waals surface area contributed by atoms with E-state index in [4.69, 9.17) is 0 Å². The Kier molecular flexibility index (Phi) is 3.42. The number of aryl methyl sites for hydroxylation is 1. The lowest BCUT2D eigenvalue weighted by Crippen LogP contribution is -1.75. The Balaban J connectivity index is 0.000000396. The average Bonchev–Trinajstić information content (AvgIpc) is 2.52. The molecule has 2 heterocycles. The number of nitrogens with zero attached hydrogens (tertiary/aromatic N) is 2. The zero-order valence-corrected chi connectivity index (χ0v) is 9.51. The van der Waals surface area contributed by atoms with Crippen molar-refractivity contribution in [3.63, 3.8) is 0 Å². The molecule has 0 saturated carbocycles. The Bertz CT molecular complexity index is 395. The van der Waals surface area contributed by atoms with E-state index in [0.717, 1.165) is 21.2 Å². The number of hydrogen-bond donors (Lipinski definition) is 1. The van der Waals surface area contributed by atoms with Gasteiger partial charge in [0, 0.05) is 21.7 Å². The number of H-pyrrole nitrogens is 1. The first kappa shape index (κ1) is 10.2. The first-order valence-corrected chi connectivity index (χ1v) is 5.03. The number of aromatic amines is 1. The van der Waals surface area contributed by atoms with Gasteiger partial charge in [0.25, 0.3) is 0 Å². The molecule has 0 radical (unpaired) electrons. The molecule has 0 aromatic carbocycles. The lowest BCUT2D eigenvalue weighted by atomic mass is 10.3. The fourth-order valence-electron chi connectivity index (χ4n) is 0.994. The topological polar surface area (TPSA) is 41.6 Å². The van der Waals surface area contributed by atoms with Crippen molar-refractivity contribution in [1.29, 1.82) is 0 Å². The Hall–Kier alpha value is -0.900. The van der Waals surface area contributed by atoms with E-state index in [0.29, 0.717) is 0 Å². The summed E-state index contributed by atoms with van der Waals surface area (Å²) < 4.78 is 0.981. The van der Waals surface area contributed by atoms with Gasteiger partial charge in [-0.1, -0.05) is 13.8 Å². The second-order valence-electron chi connectivity index (χ2n) is 2.37. The molecule has 1 N–H and O–H groups in total. The first-order chi connectivity index (χ1) is 6.27. The second kappa shape index (κ2) is 4.37. The van der Waals surface area contributed by atoms with Gasteiger partial charge in [-0.3, -0.25) is 5.10 Å². The quantitative estimate of drug-likeness (QED) is 0.771. The molecule has 0 spiro atoms. The summed E-state index contributed by atoms with van der Waals surface area (Å²) in [4.78, 5) is 4.11. The third-order valence-corrected chi connectivity index (χ3v) is 2.00. The highest BCUT2D eigenvalue weighted by atomic mass is 79.9. The highest BCUT2D eigenvalue weighted by Crippen LogP contribution is 2.17. The number of halogens is 1. The number of pyridine rings is 1. The van der Waals surface area contributed by atoms with Crippen LogP contribution in [0.25, 0.3) is 11.0 Å². The maximum Gasteiger partial charge on any atom is 0.181 e. The van der Waals surface area contributed by atoms with Crippen LogP contribution < -0.4 is 0 Å². The molecule has 0 atom stereocenters. The van der Waals surface area contributed by atoms with E-state index in [-0.39, 0.29) is 0 Å². The largest absolute Gasteiger partial charge is 0.280 e. The summed E-state index contributed by atoms with van der Waals surface area (Å²) in [6, 6.07) is 2.00. The molecule has 2 aromatic rings. The van der Waals surface area contributed by atoms with Crippen LogP contribution in [0.4, 0.5) is 0 Å². The number of rotatable bonds is 0. The van der Waals surface area contributed by atoms with E-state index in [1.54, 1.807) is 6.20 Å². The van der Waals surface area contributed by atoms with Crippen LogP contribution in [-0.4, -0.2) is 15.2 Å². The van der Waals surface area contributed by atoms with Gasteiger partial charge in [0.05, 0.1) is 0 Å². The molecule has 0 saturated heterocycles. The van der Waals surface area contributed by atoms with Crippen LogP contribution in [0.15, 0.2) is 16.7 Å². The monoisotopic (exact) mass is 241 g/mol. The van der Waals surface area contributed by atoms with Crippen molar-refractivity contribution < 1.29 is 0 Å². The van der Waals surface area contributed by atoms with E-state index in [1.165, 1.54) is 0 Å². The molecular formula is C9H12BrN3. The van der Waals surface area contributed by atoms with Crippen LogP contribution in [0, 0.1) is 6.92 Å². The fraction of sp³-hybridized carbons (Fsp3) is 0.333. The van der Waals surface area contributed by atoms with Gasteiger partial charge in [-0.2, -0.15) is 5.10 Å². The highest BCUT2D eigenvalue weighted by molar-refractivity contribution is 9.10. The molecular weight excluding hydrogens is 230 g/mol. The zero-order valence-electron chi connectivity index (χ0n) is 7.93. The van der Waals surface area contributed by atoms with Crippen LogP contribution >= 0.6 is 15.9 Å². The van der Waals surface area contributed by atoms with Crippen LogP contribution in [0.3, 0.4) is 0 Å². The summed E-state index contributed by atoms with van der Waals surface area (Å²) in [5.74, 6) is 0. The summed E-state index contributed by atoms with van der Waals surface area (Å²) in [6.45, 7) is 5.98. The van der Waals surface area contributed by atoms with Gasteiger partial charge in [0.15, 0.2) is 5.65 Å². The molecule has 2 rings (SSSR count). The summed E-state index contributed by atoms with van der Waals surface area (Å²) >= 11 is 3.35. The van der Waals surface area contributed by atoms with Crippen molar-refractivity contribution in [2.24, 2.45) is 0 Å². The van der Waals surface area contributed by atoms with Crippen LogP contribution in [0.5, 0.6) is 0 Å². The smallest absolute Gasteiger partial charge is 0.181 e. The van der Waals surface area contributed by atoms with E-state index >= 15 is 0 Å². The van der Waals surface area contributed by atoms with Gasteiger partial charge in [-0.25, -0.2) is 4.98 Å². The summed E-state index contributed by atoms with van der Waals surface area (Å²) in [7, 11) is 0. The third-order valence-electron chi connectivity index (χ3n) is 1.57. The maximum absolute atomic E-state index is 4.11. The Morgan fingerprint density at radius 1 is 1.38 bits per heavy atom. The van der Waals surface area contributed by atoms with Gasteiger partial charge in [0.1, 0.15) is 0 Å². The van der Waals surface area contributed by atoms with E-state index in [1.807, 2.05) is 26.8 Å². The van der Waals surface area contributed by atoms with Crippen LogP contribution in [0.1, 0.15) is 19.5 Å². The van der Waals surface area contributed by atoms with Crippen molar-refractivity contribution in [1.82, 2.24) is 15.2 Å². The third kappa shape index (κ3) is 2.06. The zero-order chi connectivity index (χ0) is 9.84. The van der Waals surface area contributed by atoms with E-state index in [9.17, 15) is 0 Å². The van der Waals surface area contributed by atoms with E-state index in [2.05, 4.69) is 31.1 Å². The normalized spacial score (nSPS) is 9.54. The lowest BCUT2D eigenvalue weighted by Gasteiger charge is -1.88. The SMILES string of the molecule is CC.Cc1[nH]nc2ncc(Br)cc12. The van der Waals surface area contributed by atoms with Crippen molar-refractivity contribution in [3.05, 3.63) is 22.4 Å². The van der Waals surface area contributed by atoms with Gasteiger partial charge in [-0.15, -0.1) is 0 Å². The Morgan fingerprint density at radius 2 is 2.08 bits per heavy atom. The maximum atomic E-state index is 4.11. The summed E-state index contributed by atoms with van der Waals surface area (Å²) in [6.07, 6.45) is 1.74. The minimum atomic E-state index is 0.769. The molecule has 0 aliphatic heterocycles. The van der Waals surface area contributed by atoms with E-state index < -0.39 is 0 Å². The number of aromatic nitrogens is 3.